The van der Waals surface area contributed by atoms with E-state index < -0.39 is 0 Å². The molecular formula is C15H27NO2. The van der Waals surface area contributed by atoms with Crippen LogP contribution in [-0.4, -0.2) is 38.5 Å². The average Bonchev–Trinajstić information content (AvgIpc) is 2.82. The molecule has 1 aliphatic heterocycles. The van der Waals surface area contributed by atoms with Crippen LogP contribution in [0.1, 0.15) is 46.0 Å². The Bertz CT molecular complexity index is 295. The molecule has 0 amide bonds. The fraction of sp³-hybridized carbons (Fsp3) is 1.00. The predicted octanol–water partition coefficient (Wildman–Crippen LogP) is 2.35. The maximum Gasteiger partial charge on any atom is 0.0661 e. The van der Waals surface area contributed by atoms with Crippen LogP contribution in [0, 0.1) is 10.8 Å². The summed E-state index contributed by atoms with van der Waals surface area (Å²) in [6.45, 7) is 8.27. The lowest BCUT2D eigenvalue weighted by Crippen LogP contribution is -2.64. The van der Waals surface area contributed by atoms with Crippen LogP contribution in [0.4, 0.5) is 0 Å². The molecule has 0 aromatic carbocycles. The predicted molar refractivity (Wildman–Crippen MR) is 71.6 cm³/mol. The molecule has 3 rings (SSSR count). The standard InChI is InChI=1S/C15H27NO2/c1-3-18-13-8-12(15(13)6-4-5-7-15)16-9-14(2)10-17-11-14/h12-13,16H,3-11H2,1-2H3. The minimum atomic E-state index is 0.385. The Balaban J connectivity index is 1.56. The van der Waals surface area contributed by atoms with Crippen molar-refractivity contribution in [3.8, 4) is 0 Å². The maximum absolute atomic E-state index is 5.95. The maximum atomic E-state index is 5.95. The SMILES string of the molecule is CCOC1CC(NCC2(C)COC2)C12CCCC2. The van der Waals surface area contributed by atoms with Crippen molar-refractivity contribution >= 4 is 0 Å². The van der Waals surface area contributed by atoms with Crippen molar-refractivity contribution in [2.45, 2.75) is 58.1 Å². The zero-order valence-corrected chi connectivity index (χ0v) is 11.8. The molecule has 1 spiro atoms. The van der Waals surface area contributed by atoms with Crippen molar-refractivity contribution in [1.82, 2.24) is 5.32 Å². The van der Waals surface area contributed by atoms with Gasteiger partial charge in [-0.3, -0.25) is 0 Å². The molecule has 2 atom stereocenters. The first-order valence-electron chi connectivity index (χ1n) is 7.61. The van der Waals surface area contributed by atoms with E-state index in [2.05, 4.69) is 19.2 Å². The Kier molecular flexibility index (Phi) is 3.41. The lowest BCUT2D eigenvalue weighted by Gasteiger charge is -2.55. The topological polar surface area (TPSA) is 30.5 Å². The minimum Gasteiger partial charge on any atom is -0.380 e. The molecule has 0 radical (unpaired) electrons. The van der Waals surface area contributed by atoms with Gasteiger partial charge in [0.2, 0.25) is 0 Å². The Hall–Kier alpha value is -0.120. The molecule has 0 aromatic heterocycles. The van der Waals surface area contributed by atoms with E-state index in [0.29, 0.717) is 23.0 Å². The summed E-state index contributed by atoms with van der Waals surface area (Å²) in [4.78, 5) is 0. The summed E-state index contributed by atoms with van der Waals surface area (Å²) in [7, 11) is 0. The second kappa shape index (κ2) is 4.77. The van der Waals surface area contributed by atoms with Gasteiger partial charge < -0.3 is 14.8 Å². The van der Waals surface area contributed by atoms with E-state index >= 15 is 0 Å². The summed E-state index contributed by atoms with van der Waals surface area (Å²) in [6.07, 6.45) is 7.24. The van der Waals surface area contributed by atoms with Crippen LogP contribution in [0.15, 0.2) is 0 Å². The van der Waals surface area contributed by atoms with Crippen LogP contribution in [0.3, 0.4) is 0 Å². The van der Waals surface area contributed by atoms with Crippen LogP contribution < -0.4 is 5.32 Å². The molecule has 2 saturated carbocycles. The van der Waals surface area contributed by atoms with Gasteiger partial charge in [-0.15, -0.1) is 0 Å². The van der Waals surface area contributed by atoms with E-state index in [-0.39, 0.29) is 0 Å². The lowest BCUT2D eigenvalue weighted by atomic mass is 9.60. The number of hydrogen-bond donors (Lipinski definition) is 1. The molecule has 1 N–H and O–H groups in total. The van der Waals surface area contributed by atoms with Crippen molar-refractivity contribution < 1.29 is 9.47 Å². The van der Waals surface area contributed by atoms with Crippen LogP contribution >= 0.6 is 0 Å². The van der Waals surface area contributed by atoms with E-state index in [1.165, 1.54) is 32.1 Å². The quantitative estimate of drug-likeness (QED) is 0.816. The smallest absolute Gasteiger partial charge is 0.0661 e. The van der Waals surface area contributed by atoms with Gasteiger partial charge in [-0.25, -0.2) is 0 Å². The minimum absolute atomic E-state index is 0.385. The summed E-state index contributed by atoms with van der Waals surface area (Å²) in [6, 6.07) is 0.689. The van der Waals surface area contributed by atoms with Gasteiger partial charge in [0.15, 0.2) is 0 Å². The molecule has 3 aliphatic rings. The van der Waals surface area contributed by atoms with Crippen LogP contribution in [0.5, 0.6) is 0 Å². The van der Waals surface area contributed by atoms with E-state index in [9.17, 15) is 0 Å². The second-order valence-electron chi connectivity index (χ2n) is 6.86. The van der Waals surface area contributed by atoms with Crippen molar-refractivity contribution in [3.63, 3.8) is 0 Å². The summed E-state index contributed by atoms with van der Waals surface area (Å²) < 4.78 is 11.3. The number of nitrogens with one attached hydrogen (secondary N) is 1. The average molecular weight is 253 g/mol. The Labute approximate surface area is 111 Å². The molecule has 2 aliphatic carbocycles. The third kappa shape index (κ3) is 2.00. The van der Waals surface area contributed by atoms with Gasteiger partial charge in [0, 0.05) is 30.0 Å². The van der Waals surface area contributed by atoms with Gasteiger partial charge in [-0.2, -0.15) is 0 Å². The summed E-state index contributed by atoms with van der Waals surface area (Å²) in [5, 5.41) is 3.82. The van der Waals surface area contributed by atoms with E-state index in [1.807, 2.05) is 0 Å². The Morgan fingerprint density at radius 1 is 1.28 bits per heavy atom. The van der Waals surface area contributed by atoms with Crippen molar-refractivity contribution in [2.24, 2.45) is 10.8 Å². The van der Waals surface area contributed by atoms with Gasteiger partial charge in [0.25, 0.3) is 0 Å². The molecule has 0 aromatic rings. The second-order valence-corrected chi connectivity index (χ2v) is 6.86. The number of hydrogen-bond acceptors (Lipinski definition) is 3. The molecule has 2 unspecified atom stereocenters. The zero-order valence-electron chi connectivity index (χ0n) is 11.8. The molecule has 18 heavy (non-hydrogen) atoms. The van der Waals surface area contributed by atoms with E-state index in [0.717, 1.165) is 26.4 Å². The van der Waals surface area contributed by atoms with Crippen LogP contribution in [-0.2, 0) is 9.47 Å². The Morgan fingerprint density at radius 2 is 2.00 bits per heavy atom. The molecule has 3 fully saturated rings. The van der Waals surface area contributed by atoms with Crippen molar-refractivity contribution in [2.75, 3.05) is 26.4 Å². The van der Waals surface area contributed by atoms with Gasteiger partial charge in [0.05, 0.1) is 19.3 Å². The third-order valence-corrected chi connectivity index (χ3v) is 5.36. The van der Waals surface area contributed by atoms with Crippen molar-refractivity contribution in [1.29, 1.82) is 0 Å². The monoisotopic (exact) mass is 253 g/mol. The highest BCUT2D eigenvalue weighted by molar-refractivity contribution is 5.10. The summed E-state index contributed by atoms with van der Waals surface area (Å²) in [5.74, 6) is 0. The van der Waals surface area contributed by atoms with E-state index in [4.69, 9.17) is 9.47 Å². The van der Waals surface area contributed by atoms with Crippen LogP contribution in [0.25, 0.3) is 0 Å². The first-order valence-corrected chi connectivity index (χ1v) is 7.61. The van der Waals surface area contributed by atoms with Gasteiger partial charge in [-0.05, 0) is 26.2 Å². The highest BCUT2D eigenvalue weighted by Gasteiger charge is 2.56. The molecular weight excluding hydrogens is 226 g/mol. The Morgan fingerprint density at radius 3 is 2.56 bits per heavy atom. The number of rotatable bonds is 5. The van der Waals surface area contributed by atoms with Gasteiger partial charge in [0.1, 0.15) is 0 Å². The van der Waals surface area contributed by atoms with Crippen LogP contribution in [0.2, 0.25) is 0 Å². The normalized spacial score (nSPS) is 36.3. The molecule has 3 nitrogen and oxygen atoms in total. The first kappa shape index (κ1) is 12.9. The molecule has 104 valence electrons. The summed E-state index contributed by atoms with van der Waals surface area (Å²) >= 11 is 0. The molecule has 3 heteroatoms. The largest absolute Gasteiger partial charge is 0.380 e. The van der Waals surface area contributed by atoms with Crippen molar-refractivity contribution in [3.05, 3.63) is 0 Å². The summed E-state index contributed by atoms with van der Waals surface area (Å²) in [5.41, 5.74) is 0.855. The lowest BCUT2D eigenvalue weighted by molar-refractivity contribution is -0.142. The third-order valence-electron chi connectivity index (χ3n) is 5.36. The highest BCUT2D eigenvalue weighted by Crippen LogP contribution is 2.54. The molecule has 1 saturated heterocycles. The zero-order chi connectivity index (χ0) is 12.6. The van der Waals surface area contributed by atoms with Gasteiger partial charge in [-0.1, -0.05) is 19.8 Å². The fourth-order valence-electron chi connectivity index (χ4n) is 4.10. The van der Waals surface area contributed by atoms with Gasteiger partial charge >= 0.3 is 0 Å². The fourth-order valence-corrected chi connectivity index (χ4v) is 4.10. The molecule has 0 bridgehead atoms. The highest BCUT2D eigenvalue weighted by atomic mass is 16.5. The first-order chi connectivity index (χ1) is 8.69. The number of ether oxygens (including phenoxy) is 2. The molecule has 1 heterocycles. The van der Waals surface area contributed by atoms with E-state index in [1.54, 1.807) is 0 Å².